The van der Waals surface area contributed by atoms with Crippen LogP contribution >= 0.6 is 11.6 Å². The van der Waals surface area contributed by atoms with Gasteiger partial charge in [-0.3, -0.25) is 14.9 Å². The number of urea groups is 1. The lowest BCUT2D eigenvalue weighted by molar-refractivity contribution is -0.139. The lowest BCUT2D eigenvalue weighted by Gasteiger charge is -2.26. The minimum Gasteiger partial charge on any atom is -0.490 e. The molecule has 0 spiro atoms. The second-order valence-corrected chi connectivity index (χ2v) is 6.70. The standard InChI is InChI=1S/C21H17ClN2O7/c1-2-30-17-9-12(6-7-16(17)31-11-18(25)26)8-15-19(27)23-21(29)24(20(15)28)14-5-3-4-13(22)10-14/h3-10H,2,11H2,1H3,(H,25,26)(H,23,27,29). The second kappa shape index (κ2) is 9.31. The van der Waals surface area contributed by atoms with Crippen molar-refractivity contribution in [3.05, 3.63) is 58.6 Å². The van der Waals surface area contributed by atoms with Crippen LogP contribution in [0.2, 0.25) is 5.02 Å². The maximum absolute atomic E-state index is 12.9. The highest BCUT2D eigenvalue weighted by Crippen LogP contribution is 2.30. The van der Waals surface area contributed by atoms with Crippen LogP contribution in [0.1, 0.15) is 12.5 Å². The third-order valence-corrected chi connectivity index (χ3v) is 4.33. The number of nitrogens with zero attached hydrogens (tertiary/aromatic N) is 1. The minimum absolute atomic E-state index is 0.196. The first-order valence-electron chi connectivity index (χ1n) is 9.08. The summed E-state index contributed by atoms with van der Waals surface area (Å²) in [5.74, 6) is -2.38. The Bertz CT molecular complexity index is 1100. The number of carboxylic acid groups (broad SMARTS) is 1. The topological polar surface area (TPSA) is 122 Å². The smallest absolute Gasteiger partial charge is 0.341 e. The molecule has 0 aliphatic carbocycles. The zero-order valence-corrected chi connectivity index (χ0v) is 17.0. The molecule has 1 fully saturated rings. The molecule has 160 valence electrons. The summed E-state index contributed by atoms with van der Waals surface area (Å²) in [7, 11) is 0. The number of nitrogens with one attached hydrogen (secondary N) is 1. The number of hydrogen-bond acceptors (Lipinski definition) is 6. The molecule has 1 heterocycles. The molecule has 3 rings (SSSR count). The van der Waals surface area contributed by atoms with E-state index in [4.69, 9.17) is 26.2 Å². The van der Waals surface area contributed by atoms with Gasteiger partial charge in [-0.1, -0.05) is 23.7 Å². The number of anilines is 1. The Labute approximate surface area is 181 Å². The Morgan fingerprint density at radius 1 is 1.13 bits per heavy atom. The van der Waals surface area contributed by atoms with Crippen molar-refractivity contribution < 1.29 is 33.8 Å². The van der Waals surface area contributed by atoms with E-state index in [1.54, 1.807) is 19.1 Å². The SMILES string of the molecule is CCOc1cc(C=C2C(=O)NC(=O)N(c3cccc(Cl)c3)C2=O)ccc1OCC(=O)O. The molecule has 1 aliphatic heterocycles. The minimum atomic E-state index is -1.15. The number of halogens is 1. The van der Waals surface area contributed by atoms with E-state index in [-0.39, 0.29) is 29.4 Å². The van der Waals surface area contributed by atoms with Crippen molar-refractivity contribution in [2.45, 2.75) is 6.92 Å². The van der Waals surface area contributed by atoms with Crippen LogP contribution in [0.5, 0.6) is 11.5 Å². The Morgan fingerprint density at radius 2 is 1.90 bits per heavy atom. The molecule has 9 nitrogen and oxygen atoms in total. The summed E-state index contributed by atoms with van der Waals surface area (Å²) in [4.78, 5) is 49.1. The van der Waals surface area contributed by atoms with Crippen LogP contribution in [-0.4, -0.2) is 42.1 Å². The largest absolute Gasteiger partial charge is 0.490 e. The van der Waals surface area contributed by atoms with E-state index >= 15 is 0 Å². The van der Waals surface area contributed by atoms with Crippen LogP contribution in [0.4, 0.5) is 10.5 Å². The summed E-state index contributed by atoms with van der Waals surface area (Å²) in [6.07, 6.45) is 1.30. The van der Waals surface area contributed by atoms with Gasteiger partial charge in [0.15, 0.2) is 18.1 Å². The van der Waals surface area contributed by atoms with Crippen LogP contribution in [0, 0.1) is 0 Å². The fourth-order valence-corrected chi connectivity index (χ4v) is 3.00. The van der Waals surface area contributed by atoms with Gasteiger partial charge in [-0.2, -0.15) is 0 Å². The number of amides is 4. The molecule has 2 aromatic carbocycles. The summed E-state index contributed by atoms with van der Waals surface area (Å²) in [5, 5.41) is 11.2. The number of imide groups is 2. The van der Waals surface area contributed by atoms with Crippen molar-refractivity contribution in [1.29, 1.82) is 0 Å². The number of hydrogen-bond donors (Lipinski definition) is 2. The molecular weight excluding hydrogens is 428 g/mol. The zero-order valence-electron chi connectivity index (χ0n) is 16.3. The second-order valence-electron chi connectivity index (χ2n) is 6.26. The molecule has 4 amide bonds. The molecule has 10 heteroatoms. The first kappa shape index (κ1) is 21.8. The highest BCUT2D eigenvalue weighted by molar-refractivity contribution is 6.39. The van der Waals surface area contributed by atoms with Crippen molar-refractivity contribution in [2.75, 3.05) is 18.1 Å². The van der Waals surface area contributed by atoms with Crippen molar-refractivity contribution >= 4 is 47.2 Å². The predicted molar refractivity (Wildman–Crippen MR) is 111 cm³/mol. The van der Waals surface area contributed by atoms with E-state index in [0.717, 1.165) is 4.90 Å². The molecule has 0 atom stereocenters. The third-order valence-electron chi connectivity index (χ3n) is 4.10. The van der Waals surface area contributed by atoms with Gasteiger partial charge in [0.25, 0.3) is 11.8 Å². The van der Waals surface area contributed by atoms with Gasteiger partial charge in [-0.25, -0.2) is 14.5 Å². The van der Waals surface area contributed by atoms with Crippen LogP contribution < -0.4 is 19.7 Å². The monoisotopic (exact) mass is 444 g/mol. The molecule has 0 radical (unpaired) electrons. The Hall–Kier alpha value is -3.85. The van der Waals surface area contributed by atoms with Crippen LogP contribution in [0.25, 0.3) is 6.08 Å². The van der Waals surface area contributed by atoms with Crippen LogP contribution in [0.15, 0.2) is 48.0 Å². The normalized spacial score (nSPS) is 15.1. The molecular formula is C21H17ClN2O7. The first-order chi connectivity index (χ1) is 14.8. The van der Waals surface area contributed by atoms with Gasteiger partial charge in [0, 0.05) is 5.02 Å². The fourth-order valence-electron chi connectivity index (χ4n) is 2.82. The summed E-state index contributed by atoms with van der Waals surface area (Å²) < 4.78 is 10.6. The summed E-state index contributed by atoms with van der Waals surface area (Å²) in [6.45, 7) is 1.46. The Kier molecular flexibility index (Phi) is 6.56. The zero-order chi connectivity index (χ0) is 22.5. The number of carboxylic acids is 1. The maximum Gasteiger partial charge on any atom is 0.341 e. The lowest BCUT2D eigenvalue weighted by Crippen LogP contribution is -2.54. The van der Waals surface area contributed by atoms with E-state index in [1.807, 2.05) is 0 Å². The highest BCUT2D eigenvalue weighted by Gasteiger charge is 2.36. The van der Waals surface area contributed by atoms with E-state index < -0.39 is 30.4 Å². The van der Waals surface area contributed by atoms with E-state index in [2.05, 4.69) is 5.32 Å². The quantitative estimate of drug-likeness (QED) is 0.497. The summed E-state index contributed by atoms with van der Waals surface area (Å²) in [5.41, 5.74) is 0.340. The molecule has 1 aliphatic rings. The van der Waals surface area contributed by atoms with Crippen molar-refractivity contribution in [1.82, 2.24) is 5.32 Å². The van der Waals surface area contributed by atoms with Gasteiger partial charge in [0.1, 0.15) is 5.57 Å². The first-order valence-corrected chi connectivity index (χ1v) is 9.46. The number of ether oxygens (including phenoxy) is 2. The number of carbonyl (C=O) groups is 4. The van der Waals surface area contributed by atoms with Crippen LogP contribution in [0.3, 0.4) is 0 Å². The molecule has 1 saturated heterocycles. The third kappa shape index (κ3) is 5.01. The summed E-state index contributed by atoms with van der Waals surface area (Å²) >= 11 is 5.95. The molecule has 0 unspecified atom stereocenters. The lowest BCUT2D eigenvalue weighted by atomic mass is 10.1. The number of aliphatic carboxylic acids is 1. The molecule has 0 aromatic heterocycles. The van der Waals surface area contributed by atoms with Crippen molar-refractivity contribution in [2.24, 2.45) is 0 Å². The Morgan fingerprint density at radius 3 is 2.58 bits per heavy atom. The highest BCUT2D eigenvalue weighted by atomic mass is 35.5. The van der Waals surface area contributed by atoms with E-state index in [9.17, 15) is 19.2 Å². The average molecular weight is 445 g/mol. The van der Waals surface area contributed by atoms with Gasteiger partial charge in [-0.05, 0) is 48.9 Å². The molecule has 0 saturated carbocycles. The Balaban J connectivity index is 1.96. The fraction of sp³-hybridized carbons (Fsp3) is 0.143. The van der Waals surface area contributed by atoms with E-state index in [0.29, 0.717) is 10.6 Å². The maximum atomic E-state index is 12.9. The number of benzene rings is 2. The van der Waals surface area contributed by atoms with Crippen molar-refractivity contribution in [3.63, 3.8) is 0 Å². The molecule has 0 bridgehead atoms. The predicted octanol–water partition coefficient (Wildman–Crippen LogP) is 2.87. The summed E-state index contributed by atoms with van der Waals surface area (Å²) in [6, 6.07) is 9.69. The van der Waals surface area contributed by atoms with Gasteiger partial charge in [-0.15, -0.1) is 0 Å². The van der Waals surface area contributed by atoms with Gasteiger partial charge in [0.05, 0.1) is 12.3 Å². The van der Waals surface area contributed by atoms with Crippen molar-refractivity contribution in [3.8, 4) is 11.5 Å². The van der Waals surface area contributed by atoms with Gasteiger partial charge >= 0.3 is 12.0 Å². The van der Waals surface area contributed by atoms with Gasteiger partial charge < -0.3 is 14.6 Å². The van der Waals surface area contributed by atoms with Gasteiger partial charge in [0.2, 0.25) is 0 Å². The molecule has 2 N–H and O–H groups in total. The number of rotatable bonds is 7. The number of carbonyl (C=O) groups excluding carboxylic acids is 3. The molecule has 31 heavy (non-hydrogen) atoms. The van der Waals surface area contributed by atoms with Crippen LogP contribution in [-0.2, 0) is 14.4 Å². The molecule has 2 aromatic rings. The average Bonchev–Trinajstić information content (AvgIpc) is 2.70. The van der Waals surface area contributed by atoms with E-state index in [1.165, 1.54) is 36.4 Å². The number of barbiturate groups is 1.